The van der Waals surface area contributed by atoms with Gasteiger partial charge in [-0.1, -0.05) is 12.1 Å². The van der Waals surface area contributed by atoms with Crippen molar-refractivity contribution in [3.05, 3.63) is 53.0 Å². The summed E-state index contributed by atoms with van der Waals surface area (Å²) >= 11 is 0. The van der Waals surface area contributed by atoms with E-state index in [1.807, 2.05) is 0 Å². The second-order valence-corrected chi connectivity index (χ2v) is 8.17. The molecule has 0 radical (unpaired) electrons. The maximum atomic E-state index is 12.5. The predicted molar refractivity (Wildman–Crippen MR) is 114 cm³/mol. The number of aryl methyl sites for hydroxylation is 3. The predicted octanol–water partition coefficient (Wildman–Crippen LogP) is 4.89. The third kappa shape index (κ3) is 7.35. The summed E-state index contributed by atoms with van der Waals surface area (Å²) in [6.45, 7) is -2.98. The molecule has 2 heterocycles. The second kappa shape index (κ2) is 11.6. The lowest BCUT2D eigenvalue weighted by Crippen LogP contribution is -2.12. The minimum absolute atomic E-state index is 0.0254. The van der Waals surface area contributed by atoms with Crippen LogP contribution in [-0.2, 0) is 28.9 Å². The normalized spacial score (nSPS) is 14.1. The number of hydrogen-bond donors (Lipinski definition) is 1. The minimum Gasteiger partial charge on any atom is -0.481 e. The Kier molecular flexibility index (Phi) is 8.64. The van der Waals surface area contributed by atoms with Gasteiger partial charge in [-0.05, 0) is 62.1 Å². The van der Waals surface area contributed by atoms with Crippen LogP contribution in [0.3, 0.4) is 0 Å². The zero-order chi connectivity index (χ0) is 22.9. The van der Waals surface area contributed by atoms with E-state index in [-0.39, 0.29) is 24.5 Å². The highest BCUT2D eigenvalue weighted by molar-refractivity contribution is 5.80. The molecule has 32 heavy (non-hydrogen) atoms. The fraction of sp³-hybridized carbons (Fsp3) is 0.500. The van der Waals surface area contributed by atoms with Gasteiger partial charge in [0.2, 0.25) is 5.88 Å². The Balaban J connectivity index is 1.48. The Morgan fingerprint density at radius 2 is 1.88 bits per heavy atom. The lowest BCUT2D eigenvalue weighted by atomic mass is 9.90. The molecule has 2 aromatic rings. The molecule has 1 atom stereocenters. The molecule has 2 aromatic heterocycles. The maximum absolute atomic E-state index is 12.5. The van der Waals surface area contributed by atoms with E-state index in [4.69, 9.17) is 4.98 Å². The van der Waals surface area contributed by atoms with Crippen LogP contribution in [0.4, 0.5) is 8.78 Å². The van der Waals surface area contributed by atoms with Gasteiger partial charge in [-0.25, -0.2) is 4.98 Å². The average Bonchev–Trinajstić information content (AvgIpc) is 2.76. The van der Waals surface area contributed by atoms with Gasteiger partial charge in [0.25, 0.3) is 0 Å². The number of fused-ring (bicyclic) bond motifs is 1. The number of carbonyl (C=O) groups excluding carboxylic acids is 1. The number of Topliss-reactive ketones (excluding diaryl/α,β-unsaturated/α-hetero) is 1. The van der Waals surface area contributed by atoms with Crippen LogP contribution in [-0.4, -0.2) is 33.4 Å². The molecule has 172 valence electrons. The summed E-state index contributed by atoms with van der Waals surface area (Å²) in [7, 11) is 0. The molecule has 1 aliphatic carbocycles. The highest BCUT2D eigenvalue weighted by Crippen LogP contribution is 2.26. The Labute approximate surface area is 186 Å². The van der Waals surface area contributed by atoms with E-state index in [9.17, 15) is 23.5 Å². The maximum Gasteiger partial charge on any atom is 0.388 e. The van der Waals surface area contributed by atoms with E-state index in [2.05, 4.69) is 21.9 Å². The molecule has 1 N–H and O–H groups in total. The van der Waals surface area contributed by atoms with Crippen molar-refractivity contribution in [1.82, 2.24) is 9.97 Å². The molecule has 0 bridgehead atoms. The number of carboxylic acids is 1. The number of halogens is 2. The first kappa shape index (κ1) is 23.8. The standard InChI is InChI=1S/C24H28F2N2O4/c25-24(26)32-22-12-10-17(15-27-22)18(14-23(30)31)13-20(29)7-3-2-6-19-11-9-16-5-1-4-8-21(16)28-19/h9-12,15,18,24H,1-8,13-14H2,(H,30,31). The Morgan fingerprint density at radius 1 is 1.06 bits per heavy atom. The van der Waals surface area contributed by atoms with Crippen LogP contribution < -0.4 is 4.74 Å². The van der Waals surface area contributed by atoms with Gasteiger partial charge in [0.15, 0.2) is 0 Å². The van der Waals surface area contributed by atoms with E-state index in [0.29, 0.717) is 18.4 Å². The van der Waals surface area contributed by atoms with Gasteiger partial charge in [-0.15, -0.1) is 0 Å². The van der Waals surface area contributed by atoms with Crippen LogP contribution in [0.15, 0.2) is 30.5 Å². The van der Waals surface area contributed by atoms with E-state index in [0.717, 1.165) is 31.4 Å². The number of ketones is 1. The summed E-state index contributed by atoms with van der Waals surface area (Å²) in [5, 5.41) is 9.19. The van der Waals surface area contributed by atoms with E-state index < -0.39 is 18.5 Å². The van der Waals surface area contributed by atoms with E-state index in [1.165, 1.54) is 42.4 Å². The fourth-order valence-corrected chi connectivity index (χ4v) is 4.08. The van der Waals surface area contributed by atoms with Crippen molar-refractivity contribution < 1.29 is 28.2 Å². The highest BCUT2D eigenvalue weighted by atomic mass is 19.3. The van der Waals surface area contributed by atoms with Gasteiger partial charge in [-0.3, -0.25) is 14.6 Å². The van der Waals surface area contributed by atoms with Gasteiger partial charge in [0, 0.05) is 42.4 Å². The van der Waals surface area contributed by atoms with Crippen LogP contribution >= 0.6 is 0 Å². The average molecular weight is 446 g/mol. The number of aromatic nitrogens is 2. The van der Waals surface area contributed by atoms with Crippen molar-refractivity contribution in [3.63, 3.8) is 0 Å². The van der Waals surface area contributed by atoms with Crippen LogP contribution in [0.25, 0.3) is 0 Å². The molecular formula is C24H28F2N2O4. The van der Waals surface area contributed by atoms with Crippen molar-refractivity contribution in [2.24, 2.45) is 0 Å². The number of carbonyl (C=O) groups is 2. The number of rotatable bonds is 12. The molecule has 0 spiro atoms. The molecule has 0 aliphatic heterocycles. The van der Waals surface area contributed by atoms with Crippen molar-refractivity contribution in [1.29, 1.82) is 0 Å². The first-order valence-electron chi connectivity index (χ1n) is 11.0. The summed E-state index contributed by atoms with van der Waals surface area (Å²) in [4.78, 5) is 32.2. The molecule has 1 unspecified atom stereocenters. The second-order valence-electron chi connectivity index (χ2n) is 8.17. The number of alkyl halides is 2. The number of unbranched alkanes of at least 4 members (excludes halogenated alkanes) is 1. The first-order chi connectivity index (χ1) is 15.4. The monoisotopic (exact) mass is 446 g/mol. The topological polar surface area (TPSA) is 89.4 Å². The van der Waals surface area contributed by atoms with Crippen molar-refractivity contribution in [3.8, 4) is 5.88 Å². The smallest absolute Gasteiger partial charge is 0.388 e. The Hall–Kier alpha value is -2.90. The van der Waals surface area contributed by atoms with Gasteiger partial charge in [0.05, 0.1) is 6.42 Å². The van der Waals surface area contributed by atoms with Gasteiger partial charge >= 0.3 is 12.6 Å². The number of nitrogens with zero attached hydrogens (tertiary/aromatic N) is 2. The van der Waals surface area contributed by atoms with Crippen molar-refractivity contribution in [2.45, 2.75) is 76.7 Å². The lowest BCUT2D eigenvalue weighted by Gasteiger charge is -2.16. The molecular weight excluding hydrogens is 418 g/mol. The summed E-state index contributed by atoms with van der Waals surface area (Å²) in [6.07, 6.45) is 8.40. The van der Waals surface area contributed by atoms with E-state index >= 15 is 0 Å². The quantitative estimate of drug-likeness (QED) is 0.467. The third-order valence-electron chi connectivity index (χ3n) is 5.71. The first-order valence-corrected chi connectivity index (χ1v) is 11.0. The fourth-order valence-electron chi connectivity index (χ4n) is 4.08. The van der Waals surface area contributed by atoms with Gasteiger partial charge < -0.3 is 9.84 Å². The summed E-state index contributed by atoms with van der Waals surface area (Å²) in [6, 6.07) is 6.98. The highest BCUT2D eigenvalue weighted by Gasteiger charge is 2.20. The van der Waals surface area contributed by atoms with Crippen LogP contribution in [0, 0.1) is 0 Å². The van der Waals surface area contributed by atoms with Crippen LogP contribution in [0.5, 0.6) is 5.88 Å². The molecule has 6 nitrogen and oxygen atoms in total. The molecule has 3 rings (SSSR count). The van der Waals surface area contributed by atoms with Crippen molar-refractivity contribution >= 4 is 11.8 Å². The number of hydrogen-bond acceptors (Lipinski definition) is 5. The number of aliphatic carboxylic acids is 1. The molecule has 1 aliphatic rings. The number of carboxylic acid groups (broad SMARTS) is 1. The van der Waals surface area contributed by atoms with Crippen LogP contribution in [0.2, 0.25) is 0 Å². The zero-order valence-electron chi connectivity index (χ0n) is 17.9. The number of pyridine rings is 2. The van der Waals surface area contributed by atoms with E-state index in [1.54, 1.807) is 0 Å². The Morgan fingerprint density at radius 3 is 2.59 bits per heavy atom. The molecule has 8 heteroatoms. The Bertz CT molecular complexity index is 919. The van der Waals surface area contributed by atoms with Crippen LogP contribution in [0.1, 0.15) is 73.4 Å². The SMILES string of the molecule is O=C(O)CC(CC(=O)CCCCc1ccc2c(n1)CCCC2)c1ccc(OC(F)F)nc1. The molecule has 0 saturated heterocycles. The number of ether oxygens (including phenoxy) is 1. The van der Waals surface area contributed by atoms with Gasteiger partial charge in [0.1, 0.15) is 5.78 Å². The van der Waals surface area contributed by atoms with Crippen molar-refractivity contribution in [2.75, 3.05) is 0 Å². The molecule has 0 amide bonds. The third-order valence-corrected chi connectivity index (χ3v) is 5.71. The largest absolute Gasteiger partial charge is 0.481 e. The summed E-state index contributed by atoms with van der Waals surface area (Å²) in [5.74, 6) is -1.87. The van der Waals surface area contributed by atoms with Gasteiger partial charge in [-0.2, -0.15) is 8.78 Å². The summed E-state index contributed by atoms with van der Waals surface area (Å²) in [5.41, 5.74) is 4.13. The minimum atomic E-state index is -2.98. The summed E-state index contributed by atoms with van der Waals surface area (Å²) < 4.78 is 28.7. The zero-order valence-corrected chi connectivity index (χ0v) is 17.9. The lowest BCUT2D eigenvalue weighted by molar-refractivity contribution is -0.137. The molecule has 0 saturated carbocycles. The molecule has 0 fully saturated rings. The molecule has 0 aromatic carbocycles.